The van der Waals surface area contributed by atoms with E-state index in [0.717, 1.165) is 5.57 Å². The fourth-order valence-corrected chi connectivity index (χ4v) is 8.67. The van der Waals surface area contributed by atoms with Crippen molar-refractivity contribution in [2.45, 2.75) is 58.6 Å². The molecule has 2 aromatic carbocycles. The molecule has 0 aliphatic carbocycles. The number of aryl methyl sites for hydroxylation is 2. The number of aromatic nitrogens is 3. The number of carbonyl (C=O) groups excluding carboxylic acids is 8. The lowest BCUT2D eigenvalue weighted by molar-refractivity contribution is -0.136. The van der Waals surface area contributed by atoms with E-state index in [1.807, 2.05) is 0 Å². The van der Waals surface area contributed by atoms with Crippen molar-refractivity contribution in [2.24, 2.45) is 14.1 Å². The monoisotopic (exact) mass is 1170 g/mol. The molecule has 2 aliphatic heterocycles. The van der Waals surface area contributed by atoms with E-state index < -0.39 is 18.0 Å². The highest BCUT2D eigenvalue weighted by Crippen LogP contribution is 2.37. The molecule has 4 heterocycles. The fourth-order valence-electron chi connectivity index (χ4n) is 8.67. The molecule has 0 radical (unpaired) electrons. The molecule has 1 atom stereocenters. The van der Waals surface area contributed by atoms with E-state index >= 15 is 0 Å². The van der Waals surface area contributed by atoms with Crippen LogP contribution >= 0.6 is 0 Å². The Morgan fingerprint density at radius 2 is 1.53 bits per heavy atom. The number of rotatable bonds is 35. The van der Waals surface area contributed by atoms with E-state index in [2.05, 4.69) is 63.2 Å². The predicted octanol–water partition coefficient (Wildman–Crippen LogP) is 5.57. The molecule has 25 nitrogen and oxygen atoms in total. The molecule has 2 aliphatic rings. The Morgan fingerprint density at radius 3 is 2.20 bits per heavy atom. The summed E-state index contributed by atoms with van der Waals surface area (Å²) in [4.78, 5) is 110. The third kappa shape index (κ3) is 19.3. The smallest absolute Gasteiger partial charge is 0.414 e. The van der Waals surface area contributed by atoms with Gasteiger partial charge in [-0.05, 0) is 56.5 Å². The van der Waals surface area contributed by atoms with Gasteiger partial charge >= 0.3 is 6.09 Å². The first-order valence-electron chi connectivity index (χ1n) is 27.6. The zero-order chi connectivity index (χ0) is 61.6. The molecule has 0 saturated carbocycles. The van der Waals surface area contributed by atoms with Crippen LogP contribution in [0.2, 0.25) is 0 Å². The number of imide groups is 1. The number of aldehydes is 1. The molecule has 1 fully saturated rings. The number of hydrogen-bond acceptors (Lipinski definition) is 17. The van der Waals surface area contributed by atoms with Gasteiger partial charge in [0.05, 0.1) is 75.4 Å². The number of hydrogen-bond donors (Lipinski definition) is 6. The first-order chi connectivity index (χ1) is 40.8. The van der Waals surface area contributed by atoms with Gasteiger partial charge in [-0.25, -0.2) is 9.78 Å². The first kappa shape index (κ1) is 64.7. The molecule has 25 heteroatoms. The normalized spacial score (nSPS) is 13.0. The number of anilines is 4. The zero-order valence-electron chi connectivity index (χ0n) is 48.8. The van der Waals surface area contributed by atoms with Gasteiger partial charge in [0.2, 0.25) is 17.6 Å². The van der Waals surface area contributed by atoms with E-state index in [1.165, 1.54) is 52.0 Å². The lowest BCUT2D eigenvalue weighted by Crippen LogP contribution is -2.40. The van der Waals surface area contributed by atoms with Gasteiger partial charge in [-0.2, -0.15) is 0 Å². The van der Waals surface area contributed by atoms with Gasteiger partial charge in [-0.1, -0.05) is 44.0 Å². The molecule has 6 N–H and O–H groups in total. The predicted molar refractivity (Wildman–Crippen MR) is 319 cm³/mol. The molecular weight excluding hydrogens is 1100 g/mol. The summed E-state index contributed by atoms with van der Waals surface area (Å²) >= 11 is 0. The second-order valence-electron chi connectivity index (χ2n) is 20.0. The molecule has 1 saturated heterocycles. The molecule has 6 rings (SSSR count). The number of nitrogens with one attached hydrogen (secondary N) is 6. The number of ether oxygens (including phenoxy) is 5. The molecule has 454 valence electrons. The Labute approximate surface area is 494 Å². The molecule has 85 heavy (non-hydrogen) atoms. The van der Waals surface area contributed by atoms with Gasteiger partial charge in [-0.3, -0.25) is 43.4 Å². The molecule has 7 amide bonds. The highest BCUT2D eigenvalue weighted by molar-refractivity contribution is 6.13. The Balaban J connectivity index is 0.916. The van der Waals surface area contributed by atoms with Crippen molar-refractivity contribution in [1.82, 2.24) is 39.9 Å². The van der Waals surface area contributed by atoms with Crippen LogP contribution in [0.3, 0.4) is 0 Å². The van der Waals surface area contributed by atoms with Crippen LogP contribution in [0.15, 0.2) is 116 Å². The van der Waals surface area contributed by atoms with E-state index in [1.54, 1.807) is 73.9 Å². The molecule has 0 bridgehead atoms. The topological polar surface area (TPSA) is 287 Å². The van der Waals surface area contributed by atoms with E-state index in [9.17, 15) is 38.4 Å². The van der Waals surface area contributed by atoms with Gasteiger partial charge in [-0.15, -0.1) is 0 Å². The van der Waals surface area contributed by atoms with Crippen molar-refractivity contribution in [2.75, 3.05) is 100 Å². The highest BCUT2D eigenvalue weighted by Gasteiger charge is 2.30. The summed E-state index contributed by atoms with van der Waals surface area (Å²) in [6.07, 6.45) is 7.39. The van der Waals surface area contributed by atoms with Crippen LogP contribution in [0.4, 0.5) is 27.7 Å². The van der Waals surface area contributed by atoms with E-state index in [0.29, 0.717) is 111 Å². The second kappa shape index (κ2) is 31.8. The van der Waals surface area contributed by atoms with Crippen LogP contribution in [0, 0.1) is 0 Å². The third-order valence-electron chi connectivity index (χ3n) is 13.5. The Bertz CT molecular complexity index is 3150. The van der Waals surface area contributed by atoms with Crippen molar-refractivity contribution >= 4 is 70.7 Å². The van der Waals surface area contributed by atoms with Crippen LogP contribution in [0.25, 0.3) is 0 Å². The van der Waals surface area contributed by atoms with Gasteiger partial charge in [0.25, 0.3) is 23.6 Å². The third-order valence-corrected chi connectivity index (χ3v) is 13.5. The van der Waals surface area contributed by atoms with Crippen molar-refractivity contribution < 1.29 is 62.0 Å². The van der Waals surface area contributed by atoms with E-state index in [-0.39, 0.29) is 110 Å². The molecule has 4 aromatic rings. The number of amides is 7. The van der Waals surface area contributed by atoms with Gasteiger partial charge in [0.15, 0.2) is 23.6 Å². The van der Waals surface area contributed by atoms with Crippen molar-refractivity contribution in [3.8, 4) is 11.5 Å². The fraction of sp³-hybridized carbons (Fsp3) is 0.383. The Kier molecular flexibility index (Phi) is 24.2. The van der Waals surface area contributed by atoms with Gasteiger partial charge in [0, 0.05) is 119 Å². The summed E-state index contributed by atoms with van der Waals surface area (Å²) in [7, 11) is 4.72. The highest BCUT2D eigenvalue weighted by atomic mass is 16.6. The average molecular weight is 1170 g/mol. The van der Waals surface area contributed by atoms with Crippen LogP contribution < -0.4 is 46.3 Å². The minimum absolute atomic E-state index is 0.00469. The molecular formula is C60H76N12O13. The van der Waals surface area contributed by atoms with Crippen molar-refractivity contribution in [3.05, 3.63) is 139 Å². The SMILES string of the molecule is C=C1CCN(C(=O)c2cc(OC)c(OCCCC(=O)Nc3cn(C)c(C(=O)Nc4cc(C=O)n(C)c4)n3)cc2N(CC)C(=O)OCc2ccc(NC(=C)C(C)NC(=O)CNC(=C)CCOCCOCCNC(=C)CCN3C(=O)C=CC3=O)cc2)C1. The molecule has 2 aromatic heterocycles. The van der Waals surface area contributed by atoms with Crippen molar-refractivity contribution in [1.29, 1.82) is 0 Å². The second-order valence-corrected chi connectivity index (χ2v) is 20.0. The summed E-state index contributed by atoms with van der Waals surface area (Å²) in [6.45, 7) is 22.8. The number of imidazole rings is 1. The van der Waals surface area contributed by atoms with Crippen LogP contribution in [-0.2, 0) is 54.1 Å². The standard InChI is InChI=1S/C60H76N12O13/c1-10-71(49-32-51(50(81-9)31-48(49)59(79)70-23-19-39(2)34-70)84-25-11-12-53(74)66-52-36-69(8)57(67-52)58(78)65-46-30-47(37-73)68(7)35-46)60(80)85-38-44-13-15-45(16-14-44)63-42(5)43(6)64-54(75)33-62-41(4)21-26-82-28-29-83-27-22-61-40(3)20-24-72-55(76)17-18-56(72)77/h13-18,30-32,35-37,43,61-63H,2-5,10-12,19-29,33-34,38H2,1,6-9H3,(H,64,75)(H,65,78)(H,66,74). The lowest BCUT2D eigenvalue weighted by atomic mass is 10.1. The average Bonchev–Trinajstić information content (AvgIpc) is 4.41. The zero-order valence-corrected chi connectivity index (χ0v) is 48.8. The number of nitrogens with zero attached hydrogens (tertiary/aromatic N) is 6. The van der Waals surface area contributed by atoms with Crippen molar-refractivity contribution in [3.63, 3.8) is 0 Å². The number of carbonyl (C=O) groups is 8. The maximum absolute atomic E-state index is 14.1. The largest absolute Gasteiger partial charge is 0.493 e. The first-order valence-corrected chi connectivity index (χ1v) is 27.6. The summed E-state index contributed by atoms with van der Waals surface area (Å²) in [5, 5.41) is 17.6. The lowest BCUT2D eigenvalue weighted by Gasteiger charge is -2.26. The Morgan fingerprint density at radius 1 is 0.812 bits per heavy atom. The summed E-state index contributed by atoms with van der Waals surface area (Å²) < 4.78 is 31.9. The summed E-state index contributed by atoms with van der Waals surface area (Å²) in [5.74, 6) is -1.51. The number of likely N-dealkylation sites (tertiary alicyclic amines) is 1. The van der Waals surface area contributed by atoms with Crippen LogP contribution in [-0.4, -0.2) is 157 Å². The maximum Gasteiger partial charge on any atom is 0.414 e. The molecule has 0 spiro atoms. The van der Waals surface area contributed by atoms with E-state index in [4.69, 9.17) is 23.7 Å². The minimum Gasteiger partial charge on any atom is -0.493 e. The minimum atomic E-state index is -0.722. The molecule has 1 unspecified atom stereocenters. The van der Waals surface area contributed by atoms with Gasteiger partial charge < -0.3 is 69.6 Å². The van der Waals surface area contributed by atoms with Crippen LogP contribution in [0.5, 0.6) is 11.5 Å². The summed E-state index contributed by atoms with van der Waals surface area (Å²) in [5.41, 5.74) is 5.33. The number of benzene rings is 2. The number of methoxy groups -OCH3 is 1. The quantitative estimate of drug-likeness (QED) is 0.0142. The van der Waals surface area contributed by atoms with Crippen LogP contribution in [0.1, 0.15) is 83.0 Å². The Hall–Kier alpha value is -9.49. The maximum atomic E-state index is 14.1. The summed E-state index contributed by atoms with van der Waals surface area (Å²) in [6, 6.07) is 11.3. The van der Waals surface area contributed by atoms with Gasteiger partial charge in [0.1, 0.15) is 6.61 Å².